The molecule has 0 fully saturated rings. The van der Waals surface area contributed by atoms with Crippen molar-refractivity contribution in [1.29, 1.82) is 0 Å². The van der Waals surface area contributed by atoms with E-state index < -0.39 is 5.97 Å². The zero-order valence-corrected chi connectivity index (χ0v) is 17.2. The molecule has 0 aliphatic carbocycles. The highest BCUT2D eigenvalue weighted by molar-refractivity contribution is 8.00. The number of benzene rings is 2. The molecule has 2 aromatic carbocycles. The predicted molar refractivity (Wildman–Crippen MR) is 114 cm³/mol. The molecule has 0 unspecified atom stereocenters. The first-order valence-corrected chi connectivity index (χ1v) is 10.6. The van der Waals surface area contributed by atoms with E-state index in [1.807, 2.05) is 61.5 Å². The molecule has 0 aliphatic heterocycles. The molecule has 0 spiro atoms. The number of thioether (sulfide) groups is 1. The van der Waals surface area contributed by atoms with Gasteiger partial charge in [0.15, 0.2) is 5.13 Å². The molecule has 1 N–H and O–H groups in total. The van der Waals surface area contributed by atoms with Crippen LogP contribution in [0.1, 0.15) is 22.2 Å². The minimum atomic E-state index is -0.437. The Kier molecular flexibility index (Phi) is 6.84. The molecule has 28 heavy (non-hydrogen) atoms. The third-order valence-corrected chi connectivity index (χ3v) is 5.74. The summed E-state index contributed by atoms with van der Waals surface area (Å²) < 4.78 is 5.14. The number of hydrogen-bond acceptors (Lipinski definition) is 6. The van der Waals surface area contributed by atoms with E-state index in [4.69, 9.17) is 4.74 Å². The van der Waals surface area contributed by atoms with Crippen molar-refractivity contribution in [1.82, 2.24) is 4.98 Å². The van der Waals surface area contributed by atoms with E-state index in [0.29, 0.717) is 15.7 Å². The van der Waals surface area contributed by atoms with Gasteiger partial charge in [0.1, 0.15) is 4.88 Å². The van der Waals surface area contributed by atoms with Crippen LogP contribution < -0.4 is 5.32 Å². The lowest BCUT2D eigenvalue weighted by molar-refractivity contribution is -0.113. The van der Waals surface area contributed by atoms with Gasteiger partial charge < -0.3 is 10.1 Å². The highest BCUT2D eigenvalue weighted by Crippen LogP contribution is 2.32. The molecule has 0 aliphatic rings. The summed E-state index contributed by atoms with van der Waals surface area (Å²) >= 11 is 2.58. The summed E-state index contributed by atoms with van der Waals surface area (Å²) in [6.45, 7) is 4.06. The number of aromatic nitrogens is 1. The molecule has 3 aromatic rings. The third-order valence-electron chi connectivity index (χ3n) is 3.77. The monoisotopic (exact) mass is 412 g/mol. The average molecular weight is 413 g/mol. The highest BCUT2D eigenvalue weighted by atomic mass is 32.2. The number of ether oxygens (including phenoxy) is 1. The topological polar surface area (TPSA) is 68.3 Å². The Bertz CT molecular complexity index is 954. The first kappa shape index (κ1) is 20.1. The fourth-order valence-electron chi connectivity index (χ4n) is 2.44. The van der Waals surface area contributed by atoms with Crippen LogP contribution in [0.3, 0.4) is 0 Å². The van der Waals surface area contributed by atoms with Crippen molar-refractivity contribution >= 4 is 40.1 Å². The van der Waals surface area contributed by atoms with Crippen LogP contribution in [0.2, 0.25) is 0 Å². The summed E-state index contributed by atoms with van der Waals surface area (Å²) in [4.78, 5) is 30.5. The van der Waals surface area contributed by atoms with Crippen LogP contribution in [0.15, 0.2) is 59.5 Å². The van der Waals surface area contributed by atoms with Crippen LogP contribution in [0.4, 0.5) is 5.13 Å². The van der Waals surface area contributed by atoms with Crippen molar-refractivity contribution in [2.75, 3.05) is 17.7 Å². The van der Waals surface area contributed by atoms with Crippen LogP contribution in [0.5, 0.6) is 0 Å². The summed E-state index contributed by atoms with van der Waals surface area (Å²) in [6, 6.07) is 17.4. The number of carbonyl (C=O) groups is 2. The second-order valence-corrected chi connectivity index (χ2v) is 7.98. The number of rotatable bonds is 7. The van der Waals surface area contributed by atoms with Crippen LogP contribution in [-0.2, 0) is 9.53 Å². The SMILES string of the molecule is CCOC(=O)c1sc(NC(=O)CSc2ccc(C)cc2)nc1-c1ccccc1. The number of aryl methyl sites for hydroxylation is 1. The maximum absolute atomic E-state index is 12.3. The van der Waals surface area contributed by atoms with E-state index in [2.05, 4.69) is 10.3 Å². The van der Waals surface area contributed by atoms with Gasteiger partial charge in [0.2, 0.25) is 5.91 Å². The molecule has 7 heteroatoms. The molecule has 1 amide bonds. The van der Waals surface area contributed by atoms with Crippen molar-refractivity contribution in [3.8, 4) is 11.3 Å². The quantitative estimate of drug-likeness (QED) is 0.436. The first-order chi connectivity index (χ1) is 13.6. The van der Waals surface area contributed by atoms with Gasteiger partial charge in [-0.3, -0.25) is 4.79 Å². The first-order valence-electron chi connectivity index (χ1n) is 8.79. The van der Waals surface area contributed by atoms with Crippen molar-refractivity contribution < 1.29 is 14.3 Å². The molecule has 1 aromatic heterocycles. The van der Waals surface area contributed by atoms with Gasteiger partial charge in [-0.1, -0.05) is 59.4 Å². The lowest BCUT2D eigenvalue weighted by atomic mass is 10.1. The lowest BCUT2D eigenvalue weighted by Gasteiger charge is -2.02. The van der Waals surface area contributed by atoms with E-state index in [1.165, 1.54) is 17.3 Å². The molecular formula is C21H20N2O3S2. The maximum Gasteiger partial charge on any atom is 0.350 e. The Morgan fingerprint density at radius 1 is 1.11 bits per heavy atom. The molecule has 3 rings (SSSR count). The fourth-order valence-corrected chi connectivity index (χ4v) is 4.04. The minimum Gasteiger partial charge on any atom is -0.462 e. The molecular weight excluding hydrogens is 392 g/mol. The summed E-state index contributed by atoms with van der Waals surface area (Å²) in [5, 5.41) is 3.18. The maximum atomic E-state index is 12.3. The number of carbonyl (C=O) groups excluding carboxylic acids is 2. The number of amides is 1. The summed E-state index contributed by atoms with van der Waals surface area (Å²) in [6.07, 6.45) is 0. The summed E-state index contributed by atoms with van der Waals surface area (Å²) in [5.74, 6) is -0.347. The van der Waals surface area contributed by atoms with Gasteiger partial charge in [0.05, 0.1) is 18.1 Å². The zero-order valence-electron chi connectivity index (χ0n) is 15.6. The Balaban J connectivity index is 1.73. The second kappa shape index (κ2) is 9.52. The van der Waals surface area contributed by atoms with E-state index in [9.17, 15) is 9.59 Å². The normalized spacial score (nSPS) is 10.5. The van der Waals surface area contributed by atoms with E-state index in [1.54, 1.807) is 6.92 Å². The van der Waals surface area contributed by atoms with Crippen molar-refractivity contribution in [3.05, 3.63) is 65.0 Å². The Morgan fingerprint density at radius 3 is 2.50 bits per heavy atom. The molecule has 5 nitrogen and oxygen atoms in total. The summed E-state index contributed by atoms with van der Waals surface area (Å²) in [5.41, 5.74) is 2.50. The van der Waals surface area contributed by atoms with Crippen molar-refractivity contribution in [3.63, 3.8) is 0 Å². The van der Waals surface area contributed by atoms with Crippen molar-refractivity contribution in [2.45, 2.75) is 18.7 Å². The smallest absolute Gasteiger partial charge is 0.350 e. The second-order valence-electron chi connectivity index (χ2n) is 5.93. The van der Waals surface area contributed by atoms with Gasteiger partial charge in [0.25, 0.3) is 0 Å². The Morgan fingerprint density at radius 2 is 1.82 bits per heavy atom. The van der Waals surface area contributed by atoms with Gasteiger partial charge in [-0.15, -0.1) is 11.8 Å². The molecule has 0 saturated heterocycles. The van der Waals surface area contributed by atoms with Gasteiger partial charge in [-0.05, 0) is 26.0 Å². The number of hydrogen-bond donors (Lipinski definition) is 1. The molecule has 0 radical (unpaired) electrons. The zero-order chi connectivity index (χ0) is 19.9. The molecule has 0 bridgehead atoms. The largest absolute Gasteiger partial charge is 0.462 e. The number of anilines is 1. The van der Waals surface area contributed by atoms with Gasteiger partial charge in [-0.25, -0.2) is 9.78 Å². The number of nitrogens with zero attached hydrogens (tertiary/aromatic N) is 1. The van der Waals surface area contributed by atoms with Crippen LogP contribution >= 0.6 is 23.1 Å². The summed E-state index contributed by atoms with van der Waals surface area (Å²) in [7, 11) is 0. The Labute approximate surface area is 172 Å². The van der Waals surface area contributed by atoms with Crippen LogP contribution in [0, 0.1) is 6.92 Å². The van der Waals surface area contributed by atoms with Gasteiger partial charge in [0, 0.05) is 10.5 Å². The van der Waals surface area contributed by atoms with Crippen LogP contribution in [0.25, 0.3) is 11.3 Å². The lowest BCUT2D eigenvalue weighted by Crippen LogP contribution is -2.13. The Hall–Kier alpha value is -2.64. The van der Waals surface area contributed by atoms with E-state index >= 15 is 0 Å². The number of esters is 1. The van der Waals surface area contributed by atoms with Crippen LogP contribution in [-0.4, -0.2) is 29.2 Å². The average Bonchev–Trinajstić information content (AvgIpc) is 3.12. The van der Waals surface area contributed by atoms with Gasteiger partial charge >= 0.3 is 5.97 Å². The fraction of sp³-hybridized carbons (Fsp3) is 0.190. The van der Waals surface area contributed by atoms with E-state index in [-0.39, 0.29) is 18.3 Å². The van der Waals surface area contributed by atoms with Gasteiger partial charge in [-0.2, -0.15) is 0 Å². The number of thiazole rings is 1. The number of nitrogens with one attached hydrogen (secondary N) is 1. The molecule has 0 saturated carbocycles. The van der Waals surface area contributed by atoms with Crippen molar-refractivity contribution in [2.24, 2.45) is 0 Å². The third kappa shape index (κ3) is 5.21. The highest BCUT2D eigenvalue weighted by Gasteiger charge is 2.21. The van der Waals surface area contributed by atoms with E-state index in [0.717, 1.165) is 21.8 Å². The molecule has 0 atom stereocenters. The minimum absolute atomic E-state index is 0.172. The predicted octanol–water partition coefficient (Wildman–Crippen LogP) is 5.03. The molecule has 144 valence electrons. The standard InChI is InChI=1S/C21H20N2O3S2/c1-3-26-20(25)19-18(15-7-5-4-6-8-15)23-21(28-19)22-17(24)13-27-16-11-9-14(2)10-12-16/h4-12H,3,13H2,1-2H3,(H,22,23,24). The molecule has 1 heterocycles.